The second-order valence-electron chi connectivity index (χ2n) is 5.73. The third-order valence-electron chi connectivity index (χ3n) is 3.82. The van der Waals surface area contributed by atoms with Crippen LogP contribution >= 0.6 is 11.8 Å². The average molecular weight is 364 g/mol. The van der Waals surface area contributed by atoms with Crippen LogP contribution in [0.1, 0.15) is 16.7 Å². The van der Waals surface area contributed by atoms with Crippen molar-refractivity contribution in [3.05, 3.63) is 70.1 Å². The number of amides is 2. The number of hydrogen-bond donors (Lipinski definition) is 0. The third kappa shape index (κ3) is 4.13. The standard InChI is InChI=1S/C20H16N2O3S/c1-14-2-8-17(9-3-14)25-11-10-22-19(23)18(26-20(22)24)12-15-4-6-16(13-21)7-5-15/h2-9,12H,10-11H2,1H3/b18-12-. The van der Waals surface area contributed by atoms with Crippen LogP contribution in [-0.2, 0) is 4.79 Å². The van der Waals surface area contributed by atoms with Crippen LogP contribution in [0.4, 0.5) is 4.79 Å². The lowest BCUT2D eigenvalue weighted by Crippen LogP contribution is -2.32. The Bertz CT molecular complexity index is 896. The summed E-state index contributed by atoms with van der Waals surface area (Å²) < 4.78 is 5.59. The summed E-state index contributed by atoms with van der Waals surface area (Å²) in [5.74, 6) is 0.382. The molecule has 6 heteroatoms. The van der Waals surface area contributed by atoms with E-state index in [1.807, 2.05) is 37.3 Å². The Balaban J connectivity index is 1.61. The van der Waals surface area contributed by atoms with Crippen molar-refractivity contribution in [1.29, 1.82) is 5.26 Å². The number of nitriles is 1. The molecule has 1 saturated heterocycles. The summed E-state index contributed by atoms with van der Waals surface area (Å²) in [4.78, 5) is 26.1. The van der Waals surface area contributed by atoms with Crippen LogP contribution in [0.15, 0.2) is 53.4 Å². The van der Waals surface area contributed by atoms with E-state index < -0.39 is 0 Å². The second-order valence-corrected chi connectivity index (χ2v) is 6.72. The number of benzene rings is 2. The molecule has 0 aliphatic carbocycles. The molecule has 1 aliphatic heterocycles. The smallest absolute Gasteiger partial charge is 0.293 e. The predicted octanol–water partition coefficient (Wildman–Crippen LogP) is 3.98. The first-order chi connectivity index (χ1) is 12.6. The van der Waals surface area contributed by atoms with Crippen molar-refractivity contribution < 1.29 is 14.3 Å². The third-order valence-corrected chi connectivity index (χ3v) is 4.72. The predicted molar refractivity (Wildman–Crippen MR) is 101 cm³/mol. The molecule has 0 aromatic heterocycles. The maximum atomic E-state index is 12.4. The van der Waals surface area contributed by atoms with Crippen LogP contribution in [0, 0.1) is 18.3 Å². The largest absolute Gasteiger partial charge is 0.492 e. The minimum Gasteiger partial charge on any atom is -0.492 e. The van der Waals surface area contributed by atoms with Gasteiger partial charge in [-0.25, -0.2) is 0 Å². The number of rotatable bonds is 5. The van der Waals surface area contributed by atoms with E-state index >= 15 is 0 Å². The SMILES string of the molecule is Cc1ccc(OCCN2C(=O)S/C(=C\c3ccc(C#N)cc3)C2=O)cc1. The van der Waals surface area contributed by atoms with Gasteiger partial charge < -0.3 is 4.74 Å². The van der Waals surface area contributed by atoms with Crippen LogP contribution in [0.5, 0.6) is 5.75 Å². The summed E-state index contributed by atoms with van der Waals surface area (Å²) in [6.45, 7) is 2.43. The van der Waals surface area contributed by atoms with Gasteiger partial charge in [0.15, 0.2) is 0 Å². The van der Waals surface area contributed by atoms with Crippen molar-refractivity contribution in [3.63, 3.8) is 0 Å². The van der Waals surface area contributed by atoms with Crippen molar-refractivity contribution in [2.75, 3.05) is 13.2 Å². The average Bonchev–Trinajstić information content (AvgIpc) is 2.91. The van der Waals surface area contributed by atoms with Gasteiger partial charge in [0.2, 0.25) is 0 Å². The first-order valence-electron chi connectivity index (χ1n) is 8.02. The Labute approximate surface area is 155 Å². The highest BCUT2D eigenvalue weighted by Gasteiger charge is 2.34. The minimum absolute atomic E-state index is 0.198. The molecule has 0 radical (unpaired) electrons. The number of aryl methyl sites for hydroxylation is 1. The maximum absolute atomic E-state index is 12.4. The zero-order chi connectivity index (χ0) is 18.5. The summed E-state index contributed by atoms with van der Waals surface area (Å²) in [5.41, 5.74) is 2.45. The molecule has 130 valence electrons. The zero-order valence-corrected chi connectivity index (χ0v) is 15.0. The fourth-order valence-corrected chi connectivity index (χ4v) is 3.25. The molecule has 1 heterocycles. The highest BCUT2D eigenvalue weighted by Crippen LogP contribution is 2.32. The normalized spacial score (nSPS) is 15.4. The number of thioether (sulfide) groups is 1. The molecule has 0 spiro atoms. The molecular weight excluding hydrogens is 348 g/mol. The minimum atomic E-state index is -0.322. The molecule has 2 amide bonds. The van der Waals surface area contributed by atoms with E-state index in [1.54, 1.807) is 30.3 Å². The molecule has 2 aromatic carbocycles. The molecule has 5 nitrogen and oxygen atoms in total. The van der Waals surface area contributed by atoms with Gasteiger partial charge in [0.25, 0.3) is 11.1 Å². The number of imide groups is 1. The van der Waals surface area contributed by atoms with Crippen molar-refractivity contribution in [2.45, 2.75) is 6.92 Å². The van der Waals surface area contributed by atoms with Crippen molar-refractivity contribution in [2.24, 2.45) is 0 Å². The molecular formula is C20H16N2O3S. The fourth-order valence-electron chi connectivity index (χ4n) is 2.39. The van der Waals surface area contributed by atoms with Gasteiger partial charge in [0.1, 0.15) is 12.4 Å². The van der Waals surface area contributed by atoms with Gasteiger partial charge in [-0.15, -0.1) is 0 Å². The maximum Gasteiger partial charge on any atom is 0.293 e. The van der Waals surface area contributed by atoms with E-state index in [0.29, 0.717) is 16.2 Å². The molecule has 3 rings (SSSR count). The van der Waals surface area contributed by atoms with Crippen LogP contribution in [0.2, 0.25) is 0 Å². The summed E-state index contributed by atoms with van der Waals surface area (Å²) >= 11 is 0.913. The number of ether oxygens (including phenoxy) is 1. The van der Waals surface area contributed by atoms with Gasteiger partial charge in [-0.1, -0.05) is 29.8 Å². The van der Waals surface area contributed by atoms with E-state index in [4.69, 9.17) is 10.00 Å². The van der Waals surface area contributed by atoms with E-state index in [2.05, 4.69) is 0 Å². The summed E-state index contributed by atoms with van der Waals surface area (Å²) in [6.07, 6.45) is 1.66. The van der Waals surface area contributed by atoms with Crippen LogP contribution in [-0.4, -0.2) is 29.2 Å². The van der Waals surface area contributed by atoms with Gasteiger partial charge in [-0.3, -0.25) is 14.5 Å². The van der Waals surface area contributed by atoms with Gasteiger partial charge >= 0.3 is 0 Å². The molecule has 1 fully saturated rings. The van der Waals surface area contributed by atoms with Crippen molar-refractivity contribution in [3.8, 4) is 11.8 Å². The molecule has 0 unspecified atom stereocenters. The Morgan fingerprint density at radius 1 is 1.12 bits per heavy atom. The Morgan fingerprint density at radius 3 is 2.46 bits per heavy atom. The molecule has 0 bridgehead atoms. The molecule has 0 atom stereocenters. The van der Waals surface area contributed by atoms with Crippen molar-refractivity contribution >= 4 is 29.0 Å². The van der Waals surface area contributed by atoms with E-state index in [1.165, 1.54) is 4.90 Å². The quantitative estimate of drug-likeness (QED) is 0.751. The monoisotopic (exact) mass is 364 g/mol. The number of carbonyl (C=O) groups excluding carboxylic acids is 2. The lowest BCUT2D eigenvalue weighted by Gasteiger charge is -2.13. The van der Waals surface area contributed by atoms with E-state index in [9.17, 15) is 9.59 Å². The fraction of sp³-hybridized carbons (Fsp3) is 0.150. The summed E-state index contributed by atoms with van der Waals surface area (Å²) in [5, 5.41) is 8.51. The number of carbonyl (C=O) groups is 2. The van der Waals surface area contributed by atoms with Crippen LogP contribution < -0.4 is 4.74 Å². The zero-order valence-electron chi connectivity index (χ0n) is 14.1. The topological polar surface area (TPSA) is 70.4 Å². The first-order valence-corrected chi connectivity index (χ1v) is 8.83. The van der Waals surface area contributed by atoms with Crippen LogP contribution in [0.3, 0.4) is 0 Å². The summed E-state index contributed by atoms with van der Waals surface area (Å²) in [6, 6.07) is 16.5. The van der Waals surface area contributed by atoms with Gasteiger partial charge in [0, 0.05) is 0 Å². The molecule has 0 saturated carbocycles. The molecule has 0 N–H and O–H groups in total. The number of hydrogen-bond acceptors (Lipinski definition) is 5. The first kappa shape index (κ1) is 17.8. The van der Waals surface area contributed by atoms with E-state index in [0.717, 1.165) is 22.9 Å². The van der Waals surface area contributed by atoms with Gasteiger partial charge in [0.05, 0.1) is 23.1 Å². The second kappa shape index (κ2) is 7.89. The molecule has 1 aliphatic rings. The number of nitrogens with zero attached hydrogens (tertiary/aromatic N) is 2. The van der Waals surface area contributed by atoms with Crippen molar-refractivity contribution in [1.82, 2.24) is 4.90 Å². The lowest BCUT2D eigenvalue weighted by molar-refractivity contribution is -0.123. The Kier molecular flexibility index (Phi) is 5.40. The lowest BCUT2D eigenvalue weighted by atomic mass is 10.1. The van der Waals surface area contributed by atoms with Gasteiger partial charge in [-0.2, -0.15) is 5.26 Å². The highest BCUT2D eigenvalue weighted by molar-refractivity contribution is 8.18. The Morgan fingerprint density at radius 2 is 1.81 bits per heavy atom. The summed E-state index contributed by atoms with van der Waals surface area (Å²) in [7, 11) is 0. The highest BCUT2D eigenvalue weighted by atomic mass is 32.2. The molecule has 2 aromatic rings. The van der Waals surface area contributed by atoms with Crippen LogP contribution in [0.25, 0.3) is 6.08 Å². The van der Waals surface area contributed by atoms with E-state index in [-0.39, 0.29) is 24.3 Å². The molecule has 26 heavy (non-hydrogen) atoms. The van der Waals surface area contributed by atoms with Gasteiger partial charge in [-0.05, 0) is 54.6 Å². The Hall–Kier alpha value is -3.04.